The van der Waals surface area contributed by atoms with Crippen molar-refractivity contribution in [3.8, 4) is 0 Å². The van der Waals surface area contributed by atoms with Crippen molar-refractivity contribution < 1.29 is 4.74 Å². The van der Waals surface area contributed by atoms with Crippen molar-refractivity contribution >= 4 is 34.2 Å². The van der Waals surface area contributed by atoms with E-state index < -0.39 is 0 Å². The molecule has 1 aromatic carbocycles. The fourth-order valence-corrected chi connectivity index (χ4v) is 1.12. The molecule has 0 bridgehead atoms. The van der Waals surface area contributed by atoms with Crippen LogP contribution >= 0.6 is 28.3 Å². The Bertz CT molecular complexity index is 273. The maximum atomic E-state index is 7.29. The molecule has 0 aromatic heterocycles. The van der Waals surface area contributed by atoms with Crippen molar-refractivity contribution in [1.29, 1.82) is 5.41 Å². The van der Waals surface area contributed by atoms with Gasteiger partial charge in [0.15, 0.2) is 5.90 Å². The highest BCUT2D eigenvalue weighted by Crippen LogP contribution is 2.10. The zero-order valence-corrected chi connectivity index (χ0v) is 9.61. The summed E-state index contributed by atoms with van der Waals surface area (Å²) in [5.41, 5.74) is 1.09. The molecule has 0 atom stereocenters. The quantitative estimate of drug-likeness (QED) is 0.646. The summed E-state index contributed by atoms with van der Waals surface area (Å²) in [7, 11) is 1.52. The molecule has 0 aliphatic heterocycles. The zero-order chi connectivity index (χ0) is 8.97. The highest BCUT2D eigenvalue weighted by molar-refractivity contribution is 9.10. The van der Waals surface area contributed by atoms with Crippen LogP contribution < -0.4 is 0 Å². The van der Waals surface area contributed by atoms with Crippen molar-refractivity contribution in [2.75, 3.05) is 7.11 Å². The van der Waals surface area contributed by atoms with Gasteiger partial charge in [-0.15, -0.1) is 12.4 Å². The Morgan fingerprint density at radius 3 is 2.38 bits per heavy atom. The average molecular weight is 265 g/mol. The number of halogens is 2. The lowest BCUT2D eigenvalue weighted by Gasteiger charge is -2.01. The average Bonchev–Trinajstić information content (AvgIpc) is 2.09. The Balaban J connectivity index is 0.00000144. The molecule has 13 heavy (non-hydrogen) atoms. The summed E-state index contributed by atoms with van der Waals surface area (Å²) in [6.45, 7) is 0. The minimum Gasteiger partial charge on any atom is -0.484 e. The van der Waals surface area contributed by atoms with E-state index in [1.807, 2.05) is 24.3 Å². The van der Waals surface area contributed by atoms with Gasteiger partial charge in [0, 0.05) is 10.9 Å². The summed E-state index contributed by atoms with van der Waals surface area (Å²) in [5.74, 6) is 0.289. The maximum Gasteiger partial charge on any atom is 0.184 e. The molecule has 1 aromatic rings. The van der Waals surface area contributed by atoms with Gasteiger partial charge in [0.1, 0.15) is 0 Å². The third-order valence-corrected chi connectivity index (χ3v) is 2.05. The molecule has 1 N–H and O–H groups in total. The van der Waals surface area contributed by atoms with E-state index >= 15 is 0 Å². The Kier molecular flexibility index (Phi) is 5.75. The van der Waals surface area contributed by atoms with Crippen molar-refractivity contribution in [3.63, 3.8) is 0 Å². The number of hydrogen-bond acceptors (Lipinski definition) is 2. The second kappa shape index (κ2) is 6.00. The van der Waals surface area contributed by atoms with Crippen molar-refractivity contribution in [3.05, 3.63) is 34.3 Å². The predicted molar refractivity (Wildman–Crippen MR) is 59.8 cm³/mol. The first-order valence-electron chi connectivity index (χ1n) is 3.58. The van der Waals surface area contributed by atoms with Gasteiger partial charge in [-0.2, -0.15) is 0 Å². The first kappa shape index (κ1) is 12.5. The number of rotatable bonds is 2. The van der Waals surface area contributed by atoms with E-state index in [0.717, 1.165) is 10.0 Å². The van der Waals surface area contributed by atoms with Crippen LogP contribution in [0.25, 0.3) is 0 Å². The van der Waals surface area contributed by atoms with Gasteiger partial charge in [0.25, 0.3) is 0 Å². The molecule has 0 amide bonds. The number of benzene rings is 1. The smallest absolute Gasteiger partial charge is 0.184 e. The summed E-state index contributed by atoms with van der Waals surface area (Å²) in [6, 6.07) is 7.85. The van der Waals surface area contributed by atoms with Crippen LogP contribution in [0.5, 0.6) is 0 Å². The fourth-order valence-electron chi connectivity index (χ4n) is 0.860. The summed E-state index contributed by atoms with van der Waals surface area (Å²) in [4.78, 5) is 0. The lowest BCUT2D eigenvalue weighted by molar-refractivity contribution is 0.390. The van der Waals surface area contributed by atoms with Crippen LogP contribution in [0.1, 0.15) is 5.56 Å². The highest BCUT2D eigenvalue weighted by atomic mass is 79.9. The monoisotopic (exact) mass is 263 g/mol. The number of nitrogens with one attached hydrogen (secondary N) is 1. The molecule has 0 unspecified atom stereocenters. The molecule has 0 saturated carbocycles. The van der Waals surface area contributed by atoms with Gasteiger partial charge in [-0.3, -0.25) is 5.41 Å². The number of ether oxygens (including phenoxy) is 1. The fraction of sp³-hybridized carbons (Fsp3) is 0.222. The van der Waals surface area contributed by atoms with E-state index in [2.05, 4.69) is 15.9 Å². The summed E-state index contributed by atoms with van der Waals surface area (Å²) >= 11 is 3.34. The van der Waals surface area contributed by atoms with Gasteiger partial charge in [-0.05, 0) is 17.7 Å². The van der Waals surface area contributed by atoms with E-state index in [0.29, 0.717) is 6.42 Å². The van der Waals surface area contributed by atoms with Gasteiger partial charge >= 0.3 is 0 Å². The van der Waals surface area contributed by atoms with Crippen molar-refractivity contribution in [2.24, 2.45) is 0 Å². The summed E-state index contributed by atoms with van der Waals surface area (Å²) in [6.07, 6.45) is 0.559. The van der Waals surface area contributed by atoms with Gasteiger partial charge in [-0.25, -0.2) is 0 Å². The van der Waals surface area contributed by atoms with E-state index in [4.69, 9.17) is 10.1 Å². The molecule has 0 aliphatic carbocycles. The molecular weight excluding hydrogens is 253 g/mol. The summed E-state index contributed by atoms with van der Waals surface area (Å²) < 4.78 is 5.81. The second-order valence-corrected chi connectivity index (χ2v) is 3.35. The molecule has 4 heteroatoms. The van der Waals surface area contributed by atoms with Crippen LogP contribution in [0, 0.1) is 5.41 Å². The molecule has 0 saturated heterocycles. The normalized spacial score (nSPS) is 8.77. The topological polar surface area (TPSA) is 33.1 Å². The second-order valence-electron chi connectivity index (χ2n) is 2.43. The van der Waals surface area contributed by atoms with Crippen LogP contribution in [0.3, 0.4) is 0 Å². The number of methoxy groups -OCH3 is 1. The lowest BCUT2D eigenvalue weighted by atomic mass is 10.1. The molecule has 0 fully saturated rings. The van der Waals surface area contributed by atoms with Gasteiger partial charge in [-0.1, -0.05) is 28.1 Å². The van der Waals surface area contributed by atoms with Crippen LogP contribution in [-0.4, -0.2) is 13.0 Å². The first-order valence-corrected chi connectivity index (χ1v) is 4.37. The zero-order valence-electron chi connectivity index (χ0n) is 7.21. The third-order valence-electron chi connectivity index (χ3n) is 1.52. The molecule has 1 rings (SSSR count). The molecule has 0 heterocycles. The van der Waals surface area contributed by atoms with Gasteiger partial charge < -0.3 is 4.74 Å². The minimum absolute atomic E-state index is 0. The van der Waals surface area contributed by atoms with Crippen LogP contribution in [-0.2, 0) is 11.2 Å². The standard InChI is InChI=1S/C9H10BrNO.ClH/c1-12-9(11)6-7-2-4-8(10)5-3-7;/h2-5,11H,6H2,1H3;1H. The predicted octanol–water partition coefficient (Wildman–Crippen LogP) is 3.04. The maximum absolute atomic E-state index is 7.29. The van der Waals surface area contributed by atoms with E-state index in [9.17, 15) is 0 Å². The van der Waals surface area contributed by atoms with Crippen LogP contribution in [0.2, 0.25) is 0 Å². The van der Waals surface area contributed by atoms with E-state index in [1.54, 1.807) is 0 Å². The Morgan fingerprint density at radius 1 is 1.38 bits per heavy atom. The Labute approximate surface area is 92.3 Å². The molecule has 2 nitrogen and oxygen atoms in total. The largest absolute Gasteiger partial charge is 0.484 e. The van der Waals surface area contributed by atoms with Crippen LogP contribution in [0.15, 0.2) is 28.7 Å². The van der Waals surface area contributed by atoms with Gasteiger partial charge in [0.2, 0.25) is 0 Å². The van der Waals surface area contributed by atoms with Crippen LogP contribution in [0.4, 0.5) is 0 Å². The lowest BCUT2D eigenvalue weighted by Crippen LogP contribution is -2.02. The van der Waals surface area contributed by atoms with E-state index in [1.165, 1.54) is 7.11 Å². The summed E-state index contributed by atoms with van der Waals surface area (Å²) in [5, 5.41) is 7.29. The first-order chi connectivity index (χ1) is 5.72. The van der Waals surface area contributed by atoms with E-state index in [-0.39, 0.29) is 18.3 Å². The third kappa shape index (κ3) is 4.29. The highest BCUT2D eigenvalue weighted by Gasteiger charge is 1.97. The molecule has 0 spiro atoms. The molecule has 0 radical (unpaired) electrons. The Hall–Kier alpha value is -0.540. The molecule has 72 valence electrons. The van der Waals surface area contributed by atoms with Crippen molar-refractivity contribution in [1.82, 2.24) is 0 Å². The Morgan fingerprint density at radius 2 is 1.92 bits per heavy atom. The number of hydrogen-bond donors (Lipinski definition) is 1. The molecule has 0 aliphatic rings. The van der Waals surface area contributed by atoms with Crippen molar-refractivity contribution in [2.45, 2.75) is 6.42 Å². The molecular formula is C9H11BrClNO. The van der Waals surface area contributed by atoms with Gasteiger partial charge in [0.05, 0.1) is 7.11 Å². The minimum atomic E-state index is 0. The SMILES string of the molecule is COC(=N)Cc1ccc(Br)cc1.Cl.